The van der Waals surface area contributed by atoms with Crippen molar-refractivity contribution < 1.29 is 23.1 Å². The van der Waals surface area contributed by atoms with E-state index in [1.165, 1.54) is 17.0 Å². The molecule has 1 rings (SSSR count). The Balaban J connectivity index is 2.65. The molecule has 2 amide bonds. The Bertz CT molecular complexity index is 616. The fourth-order valence-corrected chi connectivity index (χ4v) is 1.95. The van der Waals surface area contributed by atoms with Crippen molar-refractivity contribution in [3.8, 4) is 11.8 Å². The van der Waals surface area contributed by atoms with Gasteiger partial charge in [-0.25, -0.2) is 4.79 Å². The number of nitrogens with zero attached hydrogens (tertiary/aromatic N) is 1. The monoisotopic (exact) mass is 342 g/mol. The Morgan fingerprint density at radius 1 is 1.33 bits per heavy atom. The highest BCUT2D eigenvalue weighted by Crippen LogP contribution is 2.29. The van der Waals surface area contributed by atoms with Gasteiger partial charge in [0.15, 0.2) is 0 Å². The number of benzene rings is 1. The Kier molecular flexibility index (Phi) is 7.11. The topological polar surface area (TPSA) is 52.6 Å². The molecule has 4 nitrogen and oxygen atoms in total. The summed E-state index contributed by atoms with van der Waals surface area (Å²) in [6.45, 7) is 5.39. The van der Waals surface area contributed by atoms with Gasteiger partial charge in [-0.05, 0) is 39.0 Å². The highest BCUT2D eigenvalue weighted by molar-refractivity contribution is 5.74. The minimum atomic E-state index is -4.41. The van der Waals surface area contributed by atoms with E-state index in [2.05, 4.69) is 17.2 Å². The number of urea groups is 1. The summed E-state index contributed by atoms with van der Waals surface area (Å²) in [4.78, 5) is 13.5. The quantitative estimate of drug-likeness (QED) is 0.827. The minimum Gasteiger partial charge on any atom is -0.392 e. The van der Waals surface area contributed by atoms with Gasteiger partial charge in [0.1, 0.15) is 0 Å². The molecule has 0 spiro atoms. The van der Waals surface area contributed by atoms with E-state index in [0.29, 0.717) is 0 Å². The van der Waals surface area contributed by atoms with Crippen molar-refractivity contribution in [2.24, 2.45) is 0 Å². The first kappa shape index (κ1) is 19.8. The lowest BCUT2D eigenvalue weighted by molar-refractivity contribution is -0.137. The van der Waals surface area contributed by atoms with Crippen LogP contribution in [0.5, 0.6) is 0 Å². The van der Waals surface area contributed by atoms with E-state index >= 15 is 0 Å². The number of carbonyl (C=O) groups is 1. The maximum Gasteiger partial charge on any atom is 0.416 e. The van der Waals surface area contributed by atoms with Crippen molar-refractivity contribution in [1.82, 2.24) is 10.2 Å². The van der Waals surface area contributed by atoms with Crippen molar-refractivity contribution in [1.29, 1.82) is 0 Å². The molecule has 1 unspecified atom stereocenters. The second-order valence-corrected chi connectivity index (χ2v) is 5.63. The number of amides is 2. The average molecular weight is 342 g/mol. The number of aliphatic hydroxyl groups excluding tert-OH is 1. The summed E-state index contributed by atoms with van der Waals surface area (Å²) in [5.74, 6) is 5.21. The summed E-state index contributed by atoms with van der Waals surface area (Å²) in [5, 5.41) is 12.0. The molecule has 7 heteroatoms. The maximum absolute atomic E-state index is 12.6. The molecule has 0 aliphatic carbocycles. The average Bonchev–Trinajstić information content (AvgIpc) is 2.48. The lowest BCUT2D eigenvalue weighted by Crippen LogP contribution is -2.47. The van der Waals surface area contributed by atoms with E-state index in [1.54, 1.807) is 6.92 Å². The van der Waals surface area contributed by atoms with Gasteiger partial charge in [-0.15, -0.1) is 0 Å². The molecular weight excluding hydrogens is 321 g/mol. The molecule has 0 saturated heterocycles. The second-order valence-electron chi connectivity index (χ2n) is 5.63. The molecule has 0 aliphatic rings. The SMILES string of the molecule is CC(O)CN(C(=O)NCC#Cc1cccc(C(F)(F)F)c1)C(C)C. The van der Waals surface area contributed by atoms with Crippen LogP contribution in [0.25, 0.3) is 0 Å². The molecule has 0 saturated carbocycles. The number of carbonyl (C=O) groups excluding carboxylic acids is 1. The maximum atomic E-state index is 12.6. The number of halogens is 3. The third-order valence-corrected chi connectivity index (χ3v) is 3.10. The standard InChI is InChI=1S/C17H21F3N2O2/c1-12(2)22(11-13(3)23)16(24)21-9-5-7-14-6-4-8-15(10-14)17(18,19)20/h4,6,8,10,12-13,23H,9,11H2,1-3H3,(H,21,24). The molecule has 24 heavy (non-hydrogen) atoms. The summed E-state index contributed by atoms with van der Waals surface area (Å²) in [6, 6.07) is 4.21. The van der Waals surface area contributed by atoms with Gasteiger partial charge in [0.2, 0.25) is 0 Å². The molecule has 132 valence electrons. The van der Waals surface area contributed by atoms with Crippen LogP contribution >= 0.6 is 0 Å². The van der Waals surface area contributed by atoms with E-state index in [9.17, 15) is 23.1 Å². The molecule has 0 fully saturated rings. The van der Waals surface area contributed by atoms with E-state index in [1.807, 2.05) is 13.8 Å². The van der Waals surface area contributed by atoms with E-state index in [0.717, 1.165) is 12.1 Å². The fraction of sp³-hybridized carbons (Fsp3) is 0.471. The van der Waals surface area contributed by atoms with Crippen molar-refractivity contribution >= 4 is 6.03 Å². The van der Waals surface area contributed by atoms with Gasteiger partial charge >= 0.3 is 12.2 Å². The summed E-state index contributed by atoms with van der Waals surface area (Å²) in [6.07, 6.45) is -5.07. The van der Waals surface area contributed by atoms with Crippen LogP contribution in [-0.2, 0) is 6.18 Å². The van der Waals surface area contributed by atoms with Crippen LogP contribution in [0, 0.1) is 11.8 Å². The zero-order valence-corrected chi connectivity index (χ0v) is 13.8. The minimum absolute atomic E-state index is 0.00188. The Hall–Kier alpha value is -2.20. The van der Waals surface area contributed by atoms with Crippen LogP contribution in [0.2, 0.25) is 0 Å². The highest BCUT2D eigenvalue weighted by atomic mass is 19.4. The Labute approximate surface area is 139 Å². The molecule has 0 radical (unpaired) electrons. The van der Waals surface area contributed by atoms with Crippen LogP contribution in [-0.4, -0.2) is 41.3 Å². The highest BCUT2D eigenvalue weighted by Gasteiger charge is 2.30. The van der Waals surface area contributed by atoms with Gasteiger partial charge in [0, 0.05) is 18.2 Å². The number of aliphatic hydroxyl groups is 1. The molecule has 0 aliphatic heterocycles. The van der Waals surface area contributed by atoms with Gasteiger partial charge in [-0.1, -0.05) is 17.9 Å². The lowest BCUT2D eigenvalue weighted by atomic mass is 10.1. The molecule has 0 heterocycles. The number of nitrogens with one attached hydrogen (secondary N) is 1. The molecular formula is C17H21F3N2O2. The van der Waals surface area contributed by atoms with Gasteiger partial charge in [-0.3, -0.25) is 0 Å². The fourth-order valence-electron chi connectivity index (χ4n) is 1.95. The van der Waals surface area contributed by atoms with Crippen molar-refractivity contribution in [3.63, 3.8) is 0 Å². The van der Waals surface area contributed by atoms with Crippen LogP contribution in [0.1, 0.15) is 31.9 Å². The predicted molar refractivity (Wildman–Crippen MR) is 85.2 cm³/mol. The normalized spacial score (nSPS) is 12.3. The Morgan fingerprint density at radius 3 is 2.54 bits per heavy atom. The number of alkyl halides is 3. The number of hydrogen-bond acceptors (Lipinski definition) is 2. The molecule has 1 aromatic carbocycles. The van der Waals surface area contributed by atoms with Crippen LogP contribution < -0.4 is 5.32 Å². The third-order valence-electron chi connectivity index (χ3n) is 3.10. The zero-order valence-electron chi connectivity index (χ0n) is 13.8. The molecule has 0 aromatic heterocycles. The molecule has 2 N–H and O–H groups in total. The van der Waals surface area contributed by atoms with E-state index < -0.39 is 17.8 Å². The molecule has 0 bridgehead atoms. The second kappa shape index (κ2) is 8.60. The first-order valence-corrected chi connectivity index (χ1v) is 7.50. The van der Waals surface area contributed by atoms with Crippen molar-refractivity contribution in [2.45, 2.75) is 39.1 Å². The first-order valence-electron chi connectivity index (χ1n) is 7.50. The van der Waals surface area contributed by atoms with Crippen LogP contribution in [0.3, 0.4) is 0 Å². The summed E-state index contributed by atoms with van der Waals surface area (Å²) in [7, 11) is 0. The van der Waals surface area contributed by atoms with Crippen molar-refractivity contribution in [3.05, 3.63) is 35.4 Å². The smallest absolute Gasteiger partial charge is 0.392 e. The van der Waals surface area contributed by atoms with Gasteiger partial charge in [0.25, 0.3) is 0 Å². The largest absolute Gasteiger partial charge is 0.416 e. The molecule has 1 aromatic rings. The summed E-state index contributed by atoms with van der Waals surface area (Å²) in [5.41, 5.74) is -0.537. The van der Waals surface area contributed by atoms with Gasteiger partial charge < -0.3 is 15.3 Å². The van der Waals surface area contributed by atoms with Crippen LogP contribution in [0.15, 0.2) is 24.3 Å². The first-order chi connectivity index (χ1) is 11.1. The van der Waals surface area contributed by atoms with E-state index in [4.69, 9.17) is 0 Å². The van der Waals surface area contributed by atoms with Crippen LogP contribution in [0.4, 0.5) is 18.0 Å². The zero-order chi connectivity index (χ0) is 18.3. The Morgan fingerprint density at radius 2 is 2.00 bits per heavy atom. The number of rotatable bonds is 4. The number of hydrogen-bond donors (Lipinski definition) is 2. The van der Waals surface area contributed by atoms with Gasteiger partial charge in [-0.2, -0.15) is 13.2 Å². The molecule has 1 atom stereocenters. The summed E-state index contributed by atoms with van der Waals surface area (Å²) >= 11 is 0. The van der Waals surface area contributed by atoms with Gasteiger partial charge in [0.05, 0.1) is 18.2 Å². The third kappa shape index (κ3) is 6.50. The van der Waals surface area contributed by atoms with E-state index in [-0.39, 0.29) is 30.7 Å². The predicted octanol–water partition coefficient (Wildman–Crippen LogP) is 2.86. The lowest BCUT2D eigenvalue weighted by Gasteiger charge is -2.27. The summed E-state index contributed by atoms with van der Waals surface area (Å²) < 4.78 is 37.8. The van der Waals surface area contributed by atoms with Crippen molar-refractivity contribution in [2.75, 3.05) is 13.1 Å².